The van der Waals surface area contributed by atoms with Gasteiger partial charge in [0, 0.05) is 32.7 Å². The topological polar surface area (TPSA) is 58.4 Å². The smallest absolute Gasteiger partial charge is 0.220 e. The highest BCUT2D eigenvalue weighted by atomic mass is 16.1. The Bertz CT molecular complexity index is 426. The molecular weight excluding hydrogens is 262 g/mol. The Morgan fingerprint density at radius 2 is 1.86 bits per heavy atom. The van der Waals surface area contributed by atoms with E-state index in [1.165, 1.54) is 0 Å². The van der Waals surface area contributed by atoms with Crippen molar-refractivity contribution in [1.82, 2.24) is 5.32 Å². The average molecular weight is 291 g/mol. The summed E-state index contributed by atoms with van der Waals surface area (Å²) in [4.78, 5) is 14.0. The van der Waals surface area contributed by atoms with Crippen LogP contribution in [0.15, 0.2) is 24.3 Å². The normalized spacial score (nSPS) is 12.3. The van der Waals surface area contributed by atoms with Gasteiger partial charge in [-0.3, -0.25) is 4.79 Å². The summed E-state index contributed by atoms with van der Waals surface area (Å²) >= 11 is 0. The van der Waals surface area contributed by atoms with Crippen molar-refractivity contribution in [2.75, 3.05) is 25.5 Å². The zero-order valence-electron chi connectivity index (χ0n) is 13.7. The predicted octanol–water partition coefficient (Wildman–Crippen LogP) is 2.38. The van der Waals surface area contributed by atoms with Gasteiger partial charge in [-0.15, -0.1) is 0 Å². The zero-order valence-corrected chi connectivity index (χ0v) is 13.7. The molecule has 0 aromatic heterocycles. The molecule has 1 rings (SSSR count). The van der Waals surface area contributed by atoms with E-state index in [0.29, 0.717) is 25.4 Å². The largest absolute Gasteiger partial charge is 0.378 e. The van der Waals surface area contributed by atoms with Crippen LogP contribution in [-0.4, -0.2) is 26.5 Å². The SMILES string of the molecule is CC(C)C[C@H](CN)CC(=O)NCc1ccc(N(C)C)cc1. The minimum absolute atomic E-state index is 0.0859. The maximum Gasteiger partial charge on any atom is 0.220 e. The molecule has 3 N–H and O–H groups in total. The van der Waals surface area contributed by atoms with Crippen LogP contribution in [0.25, 0.3) is 0 Å². The highest BCUT2D eigenvalue weighted by Gasteiger charge is 2.13. The van der Waals surface area contributed by atoms with Crippen molar-refractivity contribution in [2.24, 2.45) is 17.6 Å². The minimum atomic E-state index is 0.0859. The molecule has 4 heteroatoms. The van der Waals surface area contributed by atoms with E-state index in [1.54, 1.807) is 0 Å². The first-order chi connectivity index (χ1) is 9.92. The molecule has 1 aromatic carbocycles. The Kier molecular flexibility index (Phi) is 7.23. The number of hydrogen-bond acceptors (Lipinski definition) is 3. The lowest BCUT2D eigenvalue weighted by Crippen LogP contribution is -2.28. The van der Waals surface area contributed by atoms with Gasteiger partial charge in [-0.05, 0) is 42.5 Å². The van der Waals surface area contributed by atoms with Crippen molar-refractivity contribution in [3.63, 3.8) is 0 Å². The van der Waals surface area contributed by atoms with E-state index in [0.717, 1.165) is 17.7 Å². The van der Waals surface area contributed by atoms with Crippen molar-refractivity contribution < 1.29 is 4.79 Å². The molecule has 0 aliphatic rings. The first kappa shape index (κ1) is 17.5. The third-order valence-electron chi connectivity index (χ3n) is 3.55. The molecule has 0 saturated carbocycles. The van der Waals surface area contributed by atoms with Crippen LogP contribution in [-0.2, 0) is 11.3 Å². The number of nitrogens with two attached hydrogens (primary N) is 1. The van der Waals surface area contributed by atoms with Crippen LogP contribution < -0.4 is 16.0 Å². The molecular formula is C17H29N3O. The number of amides is 1. The van der Waals surface area contributed by atoms with Gasteiger partial charge in [0.2, 0.25) is 5.91 Å². The van der Waals surface area contributed by atoms with Crippen molar-refractivity contribution in [3.05, 3.63) is 29.8 Å². The summed E-state index contributed by atoms with van der Waals surface area (Å²) in [6.45, 7) is 5.47. The van der Waals surface area contributed by atoms with Gasteiger partial charge in [-0.2, -0.15) is 0 Å². The third kappa shape index (κ3) is 6.63. The fourth-order valence-electron chi connectivity index (χ4n) is 2.38. The summed E-state index contributed by atoms with van der Waals surface area (Å²) in [5.74, 6) is 0.939. The number of nitrogens with one attached hydrogen (secondary N) is 1. The molecule has 0 heterocycles. The van der Waals surface area contributed by atoms with Gasteiger partial charge in [0.05, 0.1) is 0 Å². The number of anilines is 1. The molecule has 0 aliphatic heterocycles. The summed E-state index contributed by atoms with van der Waals surface area (Å²) in [5.41, 5.74) is 8.01. The Labute approximate surface area is 128 Å². The standard InChI is InChI=1S/C17H29N3O/c1-13(2)9-15(11-18)10-17(21)19-12-14-5-7-16(8-6-14)20(3)4/h5-8,13,15H,9-12,18H2,1-4H3,(H,19,21)/t15-/m0/s1. The highest BCUT2D eigenvalue weighted by molar-refractivity contribution is 5.76. The van der Waals surface area contributed by atoms with E-state index in [2.05, 4.69) is 36.2 Å². The fourth-order valence-corrected chi connectivity index (χ4v) is 2.38. The van der Waals surface area contributed by atoms with Crippen molar-refractivity contribution in [1.29, 1.82) is 0 Å². The minimum Gasteiger partial charge on any atom is -0.378 e. The number of hydrogen-bond donors (Lipinski definition) is 2. The number of benzene rings is 1. The van der Waals surface area contributed by atoms with Gasteiger partial charge in [0.25, 0.3) is 0 Å². The monoisotopic (exact) mass is 291 g/mol. The van der Waals surface area contributed by atoms with E-state index in [4.69, 9.17) is 5.73 Å². The summed E-state index contributed by atoms with van der Waals surface area (Å²) in [7, 11) is 4.02. The van der Waals surface area contributed by atoms with Crippen LogP contribution in [0, 0.1) is 11.8 Å². The summed E-state index contributed by atoms with van der Waals surface area (Å²) in [5, 5.41) is 2.98. The molecule has 1 aromatic rings. The molecule has 0 radical (unpaired) electrons. The average Bonchev–Trinajstić information content (AvgIpc) is 2.44. The van der Waals surface area contributed by atoms with Gasteiger partial charge in [-0.25, -0.2) is 0 Å². The molecule has 1 atom stereocenters. The lowest BCUT2D eigenvalue weighted by atomic mass is 9.94. The Hall–Kier alpha value is -1.55. The Balaban J connectivity index is 2.41. The van der Waals surface area contributed by atoms with Crippen LogP contribution in [0.2, 0.25) is 0 Å². The summed E-state index contributed by atoms with van der Waals surface area (Å²) in [6.07, 6.45) is 1.52. The molecule has 0 aliphatic carbocycles. The van der Waals surface area contributed by atoms with E-state index in [9.17, 15) is 4.79 Å². The molecule has 4 nitrogen and oxygen atoms in total. The quantitative estimate of drug-likeness (QED) is 0.773. The van der Waals surface area contributed by atoms with Crippen LogP contribution >= 0.6 is 0 Å². The highest BCUT2D eigenvalue weighted by Crippen LogP contribution is 2.15. The molecule has 1 amide bonds. The van der Waals surface area contributed by atoms with E-state index in [-0.39, 0.29) is 11.8 Å². The molecule has 0 saturated heterocycles. The first-order valence-electron chi connectivity index (χ1n) is 7.65. The second-order valence-electron chi connectivity index (χ2n) is 6.27. The maximum atomic E-state index is 12.0. The first-order valence-corrected chi connectivity index (χ1v) is 7.65. The van der Waals surface area contributed by atoms with E-state index >= 15 is 0 Å². The zero-order chi connectivity index (χ0) is 15.8. The number of rotatable bonds is 8. The van der Waals surface area contributed by atoms with Gasteiger partial charge in [-0.1, -0.05) is 26.0 Å². The maximum absolute atomic E-state index is 12.0. The summed E-state index contributed by atoms with van der Waals surface area (Å²) in [6, 6.07) is 8.21. The van der Waals surface area contributed by atoms with Crippen LogP contribution in [0.4, 0.5) is 5.69 Å². The van der Waals surface area contributed by atoms with Crippen LogP contribution in [0.1, 0.15) is 32.3 Å². The molecule has 118 valence electrons. The second-order valence-corrected chi connectivity index (χ2v) is 6.27. The fraction of sp³-hybridized carbons (Fsp3) is 0.588. The van der Waals surface area contributed by atoms with Gasteiger partial charge < -0.3 is 16.0 Å². The molecule has 0 spiro atoms. The third-order valence-corrected chi connectivity index (χ3v) is 3.55. The number of carbonyl (C=O) groups is 1. The van der Waals surface area contributed by atoms with Crippen molar-refractivity contribution in [3.8, 4) is 0 Å². The van der Waals surface area contributed by atoms with Crippen LogP contribution in [0.5, 0.6) is 0 Å². The lowest BCUT2D eigenvalue weighted by Gasteiger charge is -2.17. The lowest BCUT2D eigenvalue weighted by molar-refractivity contribution is -0.122. The number of nitrogens with zero attached hydrogens (tertiary/aromatic N) is 1. The van der Waals surface area contributed by atoms with Gasteiger partial charge >= 0.3 is 0 Å². The second kappa shape index (κ2) is 8.67. The van der Waals surface area contributed by atoms with Gasteiger partial charge in [0.15, 0.2) is 0 Å². The Morgan fingerprint density at radius 3 is 2.33 bits per heavy atom. The van der Waals surface area contributed by atoms with Crippen LogP contribution in [0.3, 0.4) is 0 Å². The van der Waals surface area contributed by atoms with Gasteiger partial charge in [0.1, 0.15) is 0 Å². The van der Waals surface area contributed by atoms with Crippen molar-refractivity contribution >= 4 is 11.6 Å². The predicted molar refractivity (Wildman–Crippen MR) is 89.2 cm³/mol. The number of carbonyl (C=O) groups excluding carboxylic acids is 1. The van der Waals surface area contributed by atoms with Crippen molar-refractivity contribution in [2.45, 2.75) is 33.2 Å². The molecule has 21 heavy (non-hydrogen) atoms. The Morgan fingerprint density at radius 1 is 1.24 bits per heavy atom. The van der Waals surface area contributed by atoms with E-state index < -0.39 is 0 Å². The molecule has 0 unspecified atom stereocenters. The molecule has 0 bridgehead atoms. The van der Waals surface area contributed by atoms with E-state index in [1.807, 2.05) is 26.2 Å². The molecule has 0 fully saturated rings. The summed E-state index contributed by atoms with van der Waals surface area (Å²) < 4.78 is 0.